The fourth-order valence-corrected chi connectivity index (χ4v) is 4.82. The Morgan fingerprint density at radius 3 is 2.67 bits per heavy atom. The van der Waals surface area contributed by atoms with Crippen LogP contribution in [0.4, 0.5) is 22.2 Å². The van der Waals surface area contributed by atoms with Gasteiger partial charge in [0.2, 0.25) is 0 Å². The van der Waals surface area contributed by atoms with Gasteiger partial charge in [0.05, 0.1) is 24.5 Å². The number of hydrogen-bond donors (Lipinski definition) is 2. The molecule has 0 spiro atoms. The molecule has 0 atom stereocenters. The van der Waals surface area contributed by atoms with Crippen molar-refractivity contribution in [1.29, 1.82) is 5.26 Å². The normalized spacial score (nSPS) is 14.2. The number of anilines is 4. The van der Waals surface area contributed by atoms with E-state index in [1.165, 1.54) is 16.9 Å². The van der Waals surface area contributed by atoms with Gasteiger partial charge in [-0.05, 0) is 35.9 Å². The van der Waals surface area contributed by atoms with E-state index in [2.05, 4.69) is 55.8 Å². The zero-order valence-electron chi connectivity index (χ0n) is 17.7. The van der Waals surface area contributed by atoms with Gasteiger partial charge in [-0.2, -0.15) is 10.2 Å². The molecule has 1 aliphatic heterocycles. The number of morpholine rings is 1. The minimum atomic E-state index is 0.449. The highest BCUT2D eigenvalue weighted by molar-refractivity contribution is 7.22. The van der Waals surface area contributed by atoms with E-state index in [0.717, 1.165) is 48.9 Å². The summed E-state index contributed by atoms with van der Waals surface area (Å²) in [6, 6.07) is 18.0. The maximum absolute atomic E-state index is 9.60. The molecule has 9 heteroatoms. The number of halogens is 1. The first-order valence-corrected chi connectivity index (χ1v) is 11.8. The van der Waals surface area contributed by atoms with Crippen LogP contribution in [0.3, 0.4) is 0 Å². The average molecular weight is 477 g/mol. The van der Waals surface area contributed by atoms with Gasteiger partial charge in [0.1, 0.15) is 10.8 Å². The number of nitriles is 1. The van der Waals surface area contributed by atoms with Gasteiger partial charge in [-0.25, -0.2) is 4.98 Å². The van der Waals surface area contributed by atoms with E-state index >= 15 is 0 Å². The Labute approximate surface area is 200 Å². The fraction of sp³-hybridized carbons (Fsp3) is 0.208. The molecule has 1 fully saturated rings. The standard InChI is InChI=1S/C24H21ClN6OS/c25-18-2-1-3-20(12-18)28-21-17(13-26)14-27-23-22(21)33-24(30-23)29-19-6-4-16(5-7-19)15-31-8-10-32-11-9-31/h1-7,12,14H,8-11,15H2,(H2,27,28,29,30). The number of aromatic nitrogens is 2. The van der Waals surface area contributed by atoms with Crippen molar-refractivity contribution in [1.82, 2.24) is 14.9 Å². The van der Waals surface area contributed by atoms with Crippen LogP contribution >= 0.6 is 22.9 Å². The fourth-order valence-electron chi connectivity index (χ4n) is 3.68. The average Bonchev–Trinajstić information content (AvgIpc) is 3.24. The van der Waals surface area contributed by atoms with Crippen molar-refractivity contribution in [3.05, 3.63) is 70.9 Å². The lowest BCUT2D eigenvalue weighted by atomic mass is 10.2. The smallest absolute Gasteiger partial charge is 0.189 e. The number of benzene rings is 2. The molecule has 4 aromatic rings. The lowest BCUT2D eigenvalue weighted by Gasteiger charge is -2.26. The van der Waals surface area contributed by atoms with Crippen molar-refractivity contribution >= 4 is 55.5 Å². The number of fused-ring (bicyclic) bond motifs is 1. The topological polar surface area (TPSA) is 86.1 Å². The van der Waals surface area contributed by atoms with Crippen LogP contribution in [0.1, 0.15) is 11.1 Å². The van der Waals surface area contributed by atoms with Crippen LogP contribution in [-0.4, -0.2) is 41.2 Å². The van der Waals surface area contributed by atoms with E-state index in [-0.39, 0.29) is 0 Å². The van der Waals surface area contributed by atoms with Gasteiger partial charge in [0.15, 0.2) is 10.8 Å². The molecule has 0 amide bonds. The Morgan fingerprint density at radius 2 is 1.91 bits per heavy atom. The summed E-state index contributed by atoms with van der Waals surface area (Å²) in [6.07, 6.45) is 1.54. The van der Waals surface area contributed by atoms with Crippen LogP contribution < -0.4 is 10.6 Å². The second kappa shape index (κ2) is 9.73. The zero-order valence-corrected chi connectivity index (χ0v) is 19.3. The summed E-state index contributed by atoms with van der Waals surface area (Å²) in [4.78, 5) is 11.4. The van der Waals surface area contributed by atoms with E-state index < -0.39 is 0 Å². The van der Waals surface area contributed by atoms with Crippen LogP contribution in [-0.2, 0) is 11.3 Å². The van der Waals surface area contributed by atoms with E-state index in [0.29, 0.717) is 27.1 Å². The number of hydrogen-bond acceptors (Lipinski definition) is 8. The van der Waals surface area contributed by atoms with E-state index in [9.17, 15) is 5.26 Å². The summed E-state index contributed by atoms with van der Waals surface area (Å²) in [5, 5.41) is 17.6. The Hall–Kier alpha value is -3.22. The number of nitrogens with zero attached hydrogens (tertiary/aromatic N) is 4. The molecule has 1 aliphatic rings. The molecule has 2 aromatic carbocycles. The summed E-state index contributed by atoms with van der Waals surface area (Å²) in [6.45, 7) is 4.45. The monoisotopic (exact) mass is 476 g/mol. The first-order chi connectivity index (χ1) is 16.2. The minimum Gasteiger partial charge on any atom is -0.379 e. The second-order valence-electron chi connectivity index (χ2n) is 7.68. The van der Waals surface area contributed by atoms with Crippen LogP contribution in [0.5, 0.6) is 0 Å². The molecule has 33 heavy (non-hydrogen) atoms. The Balaban J connectivity index is 1.36. The molecule has 7 nitrogen and oxygen atoms in total. The Kier molecular flexibility index (Phi) is 6.37. The highest BCUT2D eigenvalue weighted by atomic mass is 35.5. The minimum absolute atomic E-state index is 0.449. The molecule has 5 rings (SSSR count). The number of pyridine rings is 1. The van der Waals surface area contributed by atoms with Gasteiger partial charge in [-0.15, -0.1) is 0 Å². The molecule has 0 radical (unpaired) electrons. The van der Waals surface area contributed by atoms with Crippen LogP contribution in [0, 0.1) is 11.3 Å². The molecular formula is C24H21ClN6OS. The van der Waals surface area contributed by atoms with E-state index in [1.54, 1.807) is 12.3 Å². The Morgan fingerprint density at radius 1 is 1.09 bits per heavy atom. The van der Waals surface area contributed by atoms with Crippen molar-refractivity contribution in [2.45, 2.75) is 6.54 Å². The summed E-state index contributed by atoms with van der Waals surface area (Å²) < 4.78 is 6.22. The van der Waals surface area contributed by atoms with Gasteiger partial charge in [0, 0.05) is 42.2 Å². The van der Waals surface area contributed by atoms with Crippen molar-refractivity contribution in [2.75, 3.05) is 36.9 Å². The number of nitrogens with one attached hydrogen (secondary N) is 2. The highest BCUT2D eigenvalue weighted by Crippen LogP contribution is 2.36. The SMILES string of the molecule is N#Cc1cnc2nc(Nc3ccc(CN4CCOCC4)cc3)sc2c1Nc1cccc(Cl)c1. The van der Waals surface area contributed by atoms with Gasteiger partial charge >= 0.3 is 0 Å². The van der Waals surface area contributed by atoms with Gasteiger partial charge in [-0.1, -0.05) is 41.1 Å². The number of rotatable bonds is 6. The quantitative estimate of drug-likeness (QED) is 0.378. The third-order valence-corrected chi connectivity index (χ3v) is 6.56. The zero-order chi connectivity index (χ0) is 22.6. The second-order valence-corrected chi connectivity index (χ2v) is 9.11. The maximum atomic E-state index is 9.60. The third-order valence-electron chi connectivity index (χ3n) is 5.35. The van der Waals surface area contributed by atoms with Crippen molar-refractivity contribution in [3.8, 4) is 6.07 Å². The molecule has 0 aliphatic carbocycles. The maximum Gasteiger partial charge on any atom is 0.189 e. The summed E-state index contributed by atoms with van der Waals surface area (Å²) in [5.41, 5.74) is 4.71. The van der Waals surface area contributed by atoms with E-state index in [4.69, 9.17) is 16.3 Å². The molecule has 2 aromatic heterocycles. The van der Waals surface area contributed by atoms with E-state index in [1.807, 2.05) is 18.2 Å². The van der Waals surface area contributed by atoms with Gasteiger partial charge in [0.25, 0.3) is 0 Å². The van der Waals surface area contributed by atoms with Gasteiger partial charge < -0.3 is 15.4 Å². The lowest BCUT2D eigenvalue weighted by Crippen LogP contribution is -2.35. The Bertz CT molecular complexity index is 1310. The molecule has 1 saturated heterocycles. The molecule has 166 valence electrons. The lowest BCUT2D eigenvalue weighted by molar-refractivity contribution is 0.0342. The molecule has 2 N–H and O–H groups in total. The highest BCUT2D eigenvalue weighted by Gasteiger charge is 2.15. The van der Waals surface area contributed by atoms with Crippen LogP contribution in [0.15, 0.2) is 54.7 Å². The molecule has 0 bridgehead atoms. The number of ether oxygens (including phenoxy) is 1. The van der Waals surface area contributed by atoms with Crippen LogP contribution in [0.2, 0.25) is 5.02 Å². The largest absolute Gasteiger partial charge is 0.379 e. The predicted molar refractivity (Wildman–Crippen MR) is 133 cm³/mol. The summed E-state index contributed by atoms with van der Waals surface area (Å²) in [7, 11) is 0. The van der Waals surface area contributed by atoms with Crippen molar-refractivity contribution in [3.63, 3.8) is 0 Å². The summed E-state index contributed by atoms with van der Waals surface area (Å²) in [5.74, 6) is 0. The summed E-state index contributed by atoms with van der Waals surface area (Å²) >= 11 is 7.57. The third kappa shape index (κ3) is 5.07. The molecule has 3 heterocycles. The first-order valence-electron chi connectivity index (χ1n) is 10.6. The van der Waals surface area contributed by atoms with Crippen molar-refractivity contribution < 1.29 is 4.74 Å². The molecule has 0 saturated carbocycles. The predicted octanol–water partition coefficient (Wildman–Crippen LogP) is 5.54. The van der Waals surface area contributed by atoms with Crippen LogP contribution in [0.25, 0.3) is 10.3 Å². The number of thiazole rings is 1. The first kappa shape index (κ1) is 21.6. The molecule has 0 unspecified atom stereocenters. The molecular weight excluding hydrogens is 456 g/mol. The van der Waals surface area contributed by atoms with Crippen molar-refractivity contribution in [2.24, 2.45) is 0 Å². The van der Waals surface area contributed by atoms with Gasteiger partial charge in [-0.3, -0.25) is 4.90 Å².